The molecule has 1 rings (SSSR count). The number of carboxylic acid groups (broad SMARTS) is 1. The Balaban J connectivity index is 3.00. The number of carbonyl (C=O) groups is 2. The minimum absolute atomic E-state index is 0.170. The van der Waals surface area contributed by atoms with Crippen molar-refractivity contribution in [1.29, 1.82) is 0 Å². The van der Waals surface area contributed by atoms with E-state index in [0.29, 0.717) is 5.56 Å². The predicted molar refractivity (Wildman–Crippen MR) is 53.8 cm³/mol. The molecule has 0 heterocycles. The summed E-state index contributed by atoms with van der Waals surface area (Å²) >= 11 is 0. The van der Waals surface area contributed by atoms with Crippen LogP contribution in [0.25, 0.3) is 0 Å². The van der Waals surface area contributed by atoms with Gasteiger partial charge in [0.25, 0.3) is 0 Å². The molecule has 0 bridgehead atoms. The first-order valence-corrected chi connectivity index (χ1v) is 4.47. The Labute approximate surface area is 87.5 Å². The molecule has 0 aliphatic carbocycles. The number of carboxylic acids is 1. The lowest BCUT2D eigenvalue weighted by atomic mass is 9.99. The molecule has 80 valence electrons. The van der Waals surface area contributed by atoms with Crippen molar-refractivity contribution in [3.05, 3.63) is 35.4 Å². The van der Waals surface area contributed by atoms with Crippen molar-refractivity contribution in [2.24, 2.45) is 0 Å². The van der Waals surface area contributed by atoms with Crippen LogP contribution in [0, 0.1) is 0 Å². The second-order valence-electron chi connectivity index (χ2n) is 3.18. The third-order valence-electron chi connectivity index (χ3n) is 2.19. The summed E-state index contributed by atoms with van der Waals surface area (Å²) in [6, 6.07) is 6.27. The maximum absolute atomic E-state index is 11.2. The van der Waals surface area contributed by atoms with Gasteiger partial charge in [-0.25, -0.2) is 4.79 Å². The van der Waals surface area contributed by atoms with Crippen molar-refractivity contribution in [3.8, 4) is 0 Å². The van der Waals surface area contributed by atoms with Gasteiger partial charge in [0.2, 0.25) is 0 Å². The summed E-state index contributed by atoms with van der Waals surface area (Å²) in [6.45, 7) is 1.67. The molecule has 1 aromatic carbocycles. The number of methoxy groups -OCH3 is 1. The molecule has 4 nitrogen and oxygen atoms in total. The molecule has 0 unspecified atom stereocenters. The van der Waals surface area contributed by atoms with E-state index in [0.717, 1.165) is 0 Å². The van der Waals surface area contributed by atoms with Crippen molar-refractivity contribution in [3.63, 3.8) is 0 Å². The van der Waals surface area contributed by atoms with Gasteiger partial charge in [0.05, 0.1) is 18.6 Å². The van der Waals surface area contributed by atoms with Crippen LogP contribution in [0.3, 0.4) is 0 Å². The lowest BCUT2D eigenvalue weighted by molar-refractivity contribution is -0.142. The monoisotopic (exact) mass is 208 g/mol. The van der Waals surface area contributed by atoms with Gasteiger partial charge in [-0.3, -0.25) is 4.79 Å². The molecule has 0 aliphatic heterocycles. The van der Waals surface area contributed by atoms with Gasteiger partial charge in [0.1, 0.15) is 0 Å². The fourth-order valence-corrected chi connectivity index (χ4v) is 1.25. The number of esters is 1. The van der Waals surface area contributed by atoms with Crippen molar-refractivity contribution in [2.45, 2.75) is 12.8 Å². The van der Waals surface area contributed by atoms with Crippen LogP contribution in [0.2, 0.25) is 0 Å². The van der Waals surface area contributed by atoms with Crippen molar-refractivity contribution >= 4 is 11.9 Å². The van der Waals surface area contributed by atoms with Crippen LogP contribution in [0.15, 0.2) is 24.3 Å². The summed E-state index contributed by atoms with van der Waals surface area (Å²) in [5, 5.41) is 8.77. The standard InChI is InChI=1S/C11H12O4/c1-7(11(14)15-2)8-4-3-5-9(6-8)10(12)13/h3-7H,1-2H3,(H,12,13)/t7-/m0/s1. The topological polar surface area (TPSA) is 63.6 Å². The van der Waals surface area contributed by atoms with Gasteiger partial charge in [0, 0.05) is 0 Å². The van der Waals surface area contributed by atoms with Crippen molar-refractivity contribution in [1.82, 2.24) is 0 Å². The fourth-order valence-electron chi connectivity index (χ4n) is 1.25. The highest BCUT2D eigenvalue weighted by Crippen LogP contribution is 2.17. The van der Waals surface area contributed by atoms with E-state index in [2.05, 4.69) is 4.74 Å². The van der Waals surface area contributed by atoms with Gasteiger partial charge in [-0.1, -0.05) is 12.1 Å². The summed E-state index contributed by atoms with van der Waals surface area (Å²) < 4.78 is 4.58. The summed E-state index contributed by atoms with van der Waals surface area (Å²) in [7, 11) is 1.31. The highest BCUT2D eigenvalue weighted by atomic mass is 16.5. The zero-order valence-corrected chi connectivity index (χ0v) is 8.56. The highest BCUT2D eigenvalue weighted by molar-refractivity contribution is 5.88. The molecule has 0 spiro atoms. The second-order valence-corrected chi connectivity index (χ2v) is 3.18. The normalized spacial score (nSPS) is 11.9. The van der Waals surface area contributed by atoms with Gasteiger partial charge in [-0.05, 0) is 24.6 Å². The molecule has 4 heteroatoms. The summed E-state index contributed by atoms with van der Waals surface area (Å²) in [5.74, 6) is -1.83. The molecule has 0 saturated heterocycles. The molecule has 0 saturated carbocycles. The van der Waals surface area contributed by atoms with Gasteiger partial charge in [0.15, 0.2) is 0 Å². The zero-order valence-electron chi connectivity index (χ0n) is 8.56. The first kappa shape index (κ1) is 11.2. The summed E-state index contributed by atoms with van der Waals surface area (Å²) in [5.41, 5.74) is 0.810. The van der Waals surface area contributed by atoms with Crippen LogP contribution >= 0.6 is 0 Å². The molecule has 0 aliphatic rings. The largest absolute Gasteiger partial charge is 0.478 e. The molecule has 1 aromatic rings. The molecule has 0 aromatic heterocycles. The lowest BCUT2D eigenvalue weighted by Gasteiger charge is -2.09. The Bertz CT molecular complexity index is 384. The van der Waals surface area contributed by atoms with Crippen LogP contribution in [0.4, 0.5) is 0 Å². The fraction of sp³-hybridized carbons (Fsp3) is 0.273. The molecule has 0 amide bonds. The average Bonchev–Trinajstić information content (AvgIpc) is 2.27. The van der Waals surface area contributed by atoms with Crippen molar-refractivity contribution in [2.75, 3.05) is 7.11 Å². The quantitative estimate of drug-likeness (QED) is 0.767. The van der Waals surface area contributed by atoms with Gasteiger partial charge < -0.3 is 9.84 Å². The lowest BCUT2D eigenvalue weighted by Crippen LogP contribution is -2.11. The third-order valence-corrected chi connectivity index (χ3v) is 2.19. The van der Waals surface area contributed by atoms with Crippen molar-refractivity contribution < 1.29 is 19.4 Å². The van der Waals surface area contributed by atoms with Gasteiger partial charge in [-0.2, -0.15) is 0 Å². The molecular weight excluding hydrogens is 196 g/mol. The highest BCUT2D eigenvalue weighted by Gasteiger charge is 2.16. The minimum atomic E-state index is -1.01. The molecule has 15 heavy (non-hydrogen) atoms. The minimum Gasteiger partial charge on any atom is -0.478 e. The maximum atomic E-state index is 11.2. The average molecular weight is 208 g/mol. The number of hydrogen-bond donors (Lipinski definition) is 1. The van der Waals surface area contributed by atoms with E-state index in [4.69, 9.17) is 5.11 Å². The summed E-state index contributed by atoms with van der Waals surface area (Å²) in [4.78, 5) is 21.9. The first-order valence-electron chi connectivity index (χ1n) is 4.47. The molecule has 0 fully saturated rings. The van der Waals surface area contributed by atoms with Gasteiger partial charge >= 0.3 is 11.9 Å². The number of ether oxygens (including phenoxy) is 1. The Morgan fingerprint density at radius 2 is 2.07 bits per heavy atom. The Morgan fingerprint density at radius 3 is 2.60 bits per heavy atom. The maximum Gasteiger partial charge on any atom is 0.335 e. The van der Waals surface area contributed by atoms with Crippen LogP contribution in [0.1, 0.15) is 28.8 Å². The third kappa shape index (κ3) is 2.56. The molecule has 0 radical (unpaired) electrons. The Morgan fingerprint density at radius 1 is 1.40 bits per heavy atom. The smallest absolute Gasteiger partial charge is 0.335 e. The number of rotatable bonds is 3. The number of carbonyl (C=O) groups excluding carboxylic acids is 1. The Kier molecular flexibility index (Phi) is 3.44. The second kappa shape index (κ2) is 4.59. The molecule has 1 atom stereocenters. The first-order chi connectivity index (χ1) is 7.06. The van der Waals surface area contributed by atoms with Crippen LogP contribution < -0.4 is 0 Å². The Hall–Kier alpha value is -1.84. The number of benzene rings is 1. The number of aromatic carboxylic acids is 1. The SMILES string of the molecule is COC(=O)[C@@H](C)c1cccc(C(=O)O)c1. The summed E-state index contributed by atoms with van der Waals surface area (Å²) in [6.07, 6.45) is 0. The van der Waals surface area contributed by atoms with Crippen LogP contribution in [0.5, 0.6) is 0 Å². The van der Waals surface area contributed by atoms with E-state index in [1.165, 1.54) is 19.2 Å². The van der Waals surface area contributed by atoms with Crippen LogP contribution in [-0.4, -0.2) is 24.2 Å². The molecular formula is C11H12O4. The van der Waals surface area contributed by atoms with Crippen LogP contribution in [-0.2, 0) is 9.53 Å². The number of hydrogen-bond acceptors (Lipinski definition) is 3. The van der Waals surface area contributed by atoms with E-state index in [1.54, 1.807) is 19.1 Å². The zero-order chi connectivity index (χ0) is 11.4. The van der Waals surface area contributed by atoms with E-state index in [1.807, 2.05) is 0 Å². The van der Waals surface area contributed by atoms with E-state index < -0.39 is 11.9 Å². The van der Waals surface area contributed by atoms with E-state index in [-0.39, 0.29) is 11.5 Å². The van der Waals surface area contributed by atoms with E-state index in [9.17, 15) is 9.59 Å². The van der Waals surface area contributed by atoms with E-state index >= 15 is 0 Å². The molecule has 1 N–H and O–H groups in total. The van der Waals surface area contributed by atoms with Gasteiger partial charge in [-0.15, -0.1) is 0 Å². The predicted octanol–water partition coefficient (Wildman–Crippen LogP) is 1.66.